The Morgan fingerprint density at radius 2 is 2.10 bits per heavy atom. The Morgan fingerprint density at radius 3 is 2.65 bits per heavy atom. The molecule has 0 saturated carbocycles. The molecule has 0 aliphatic carbocycles. The summed E-state index contributed by atoms with van der Waals surface area (Å²) in [7, 11) is 1.53. The van der Waals surface area contributed by atoms with Crippen LogP contribution < -0.4 is 5.32 Å². The second-order valence-electron chi connectivity index (χ2n) is 4.39. The molecule has 1 aromatic carbocycles. The smallest absolute Gasteiger partial charge is 0.259 e. The van der Waals surface area contributed by atoms with Crippen molar-refractivity contribution < 1.29 is 9.53 Å². The Kier molecular flexibility index (Phi) is 4.87. The Bertz CT molecular complexity index is 581. The van der Waals surface area contributed by atoms with Crippen molar-refractivity contribution >= 4 is 22.4 Å². The van der Waals surface area contributed by atoms with Crippen LogP contribution in [0, 0.1) is 6.92 Å². The molecule has 0 unspecified atom stereocenters. The monoisotopic (exact) mass is 290 g/mol. The molecule has 0 aliphatic rings. The van der Waals surface area contributed by atoms with Crippen LogP contribution in [0.2, 0.25) is 0 Å². The number of aromatic nitrogens is 1. The number of thiazole rings is 1. The van der Waals surface area contributed by atoms with E-state index >= 15 is 0 Å². The quantitative estimate of drug-likeness (QED) is 0.919. The predicted octanol–water partition coefficient (Wildman–Crippen LogP) is 3.34. The Morgan fingerprint density at radius 1 is 1.40 bits per heavy atom. The summed E-state index contributed by atoms with van der Waals surface area (Å²) in [5.41, 5.74) is 1.86. The van der Waals surface area contributed by atoms with Gasteiger partial charge in [-0.05, 0) is 18.9 Å². The molecule has 4 nitrogen and oxygen atoms in total. The van der Waals surface area contributed by atoms with Gasteiger partial charge >= 0.3 is 0 Å². The van der Waals surface area contributed by atoms with E-state index in [1.165, 1.54) is 18.4 Å². The maximum Gasteiger partial charge on any atom is 0.259 e. The number of rotatable bonds is 5. The van der Waals surface area contributed by atoms with Crippen LogP contribution in [0.5, 0.6) is 0 Å². The van der Waals surface area contributed by atoms with Gasteiger partial charge in [0.05, 0.1) is 5.69 Å². The summed E-state index contributed by atoms with van der Waals surface area (Å²) in [5, 5.41) is 3.46. The van der Waals surface area contributed by atoms with Crippen molar-refractivity contribution in [3.63, 3.8) is 0 Å². The number of hydrogen-bond donors (Lipinski definition) is 1. The van der Waals surface area contributed by atoms with Crippen LogP contribution in [0.25, 0.3) is 0 Å². The van der Waals surface area contributed by atoms with E-state index in [9.17, 15) is 4.79 Å². The molecular weight excluding hydrogens is 272 g/mol. The highest BCUT2D eigenvalue weighted by molar-refractivity contribution is 7.15. The lowest BCUT2D eigenvalue weighted by molar-refractivity contribution is -0.126. The Balaban J connectivity index is 2.13. The van der Waals surface area contributed by atoms with Crippen molar-refractivity contribution in [2.24, 2.45) is 0 Å². The number of carbonyl (C=O) groups is 1. The van der Waals surface area contributed by atoms with E-state index in [0.717, 1.165) is 22.6 Å². The highest BCUT2D eigenvalue weighted by Crippen LogP contribution is 2.24. The lowest BCUT2D eigenvalue weighted by Gasteiger charge is -2.14. The Labute approximate surface area is 122 Å². The van der Waals surface area contributed by atoms with Gasteiger partial charge in [0, 0.05) is 12.0 Å². The average molecular weight is 290 g/mol. The molecule has 0 aliphatic heterocycles. The summed E-state index contributed by atoms with van der Waals surface area (Å²) in [4.78, 5) is 17.8. The normalized spacial score (nSPS) is 12.2. The van der Waals surface area contributed by atoms with Crippen LogP contribution in [-0.4, -0.2) is 18.0 Å². The molecule has 1 amide bonds. The molecule has 20 heavy (non-hydrogen) atoms. The van der Waals surface area contributed by atoms with E-state index in [0.29, 0.717) is 5.13 Å². The first-order valence-corrected chi connectivity index (χ1v) is 7.32. The number of amides is 1. The van der Waals surface area contributed by atoms with Crippen molar-refractivity contribution in [2.75, 3.05) is 12.4 Å². The van der Waals surface area contributed by atoms with Crippen LogP contribution in [0.1, 0.15) is 29.2 Å². The second kappa shape index (κ2) is 6.63. The summed E-state index contributed by atoms with van der Waals surface area (Å²) in [6.45, 7) is 4.06. The molecule has 2 rings (SSSR count). The molecule has 0 spiro atoms. The van der Waals surface area contributed by atoms with Gasteiger partial charge in [-0.15, -0.1) is 11.3 Å². The zero-order chi connectivity index (χ0) is 14.5. The molecule has 0 radical (unpaired) electrons. The van der Waals surface area contributed by atoms with E-state index in [1.807, 2.05) is 37.3 Å². The molecule has 1 aromatic heterocycles. The molecule has 1 heterocycles. The fourth-order valence-corrected chi connectivity index (χ4v) is 2.91. The van der Waals surface area contributed by atoms with Gasteiger partial charge in [0.15, 0.2) is 11.2 Å². The van der Waals surface area contributed by atoms with Crippen LogP contribution in [-0.2, 0) is 16.0 Å². The van der Waals surface area contributed by atoms with Gasteiger partial charge in [-0.2, -0.15) is 0 Å². The minimum absolute atomic E-state index is 0.199. The van der Waals surface area contributed by atoms with Crippen LogP contribution in [0.15, 0.2) is 30.3 Å². The fraction of sp³-hybridized carbons (Fsp3) is 0.333. The summed E-state index contributed by atoms with van der Waals surface area (Å²) in [5.74, 6) is -0.199. The molecule has 1 N–H and O–H groups in total. The maximum atomic E-state index is 12.3. The largest absolute Gasteiger partial charge is 0.367 e. The summed E-state index contributed by atoms with van der Waals surface area (Å²) in [6.07, 6.45) is 0.246. The molecule has 2 aromatic rings. The van der Waals surface area contributed by atoms with Crippen molar-refractivity contribution in [1.82, 2.24) is 4.98 Å². The SMILES string of the molecule is CCc1nc(NC(=O)[C@@H](OC)c2ccccc2)sc1C. The number of ether oxygens (including phenoxy) is 1. The molecule has 0 saturated heterocycles. The van der Waals surface area contributed by atoms with Crippen LogP contribution in [0.4, 0.5) is 5.13 Å². The number of methoxy groups -OCH3 is 1. The second-order valence-corrected chi connectivity index (χ2v) is 5.59. The maximum absolute atomic E-state index is 12.3. The van der Waals surface area contributed by atoms with Gasteiger partial charge in [0.25, 0.3) is 5.91 Å². The molecule has 0 bridgehead atoms. The van der Waals surface area contributed by atoms with Gasteiger partial charge in [-0.25, -0.2) is 4.98 Å². The van der Waals surface area contributed by atoms with Crippen molar-refractivity contribution in [3.05, 3.63) is 46.5 Å². The van der Waals surface area contributed by atoms with Crippen LogP contribution in [0.3, 0.4) is 0 Å². The highest BCUT2D eigenvalue weighted by Gasteiger charge is 2.21. The molecule has 106 valence electrons. The molecule has 0 fully saturated rings. The number of anilines is 1. The first kappa shape index (κ1) is 14.7. The third kappa shape index (κ3) is 3.23. The van der Waals surface area contributed by atoms with E-state index in [-0.39, 0.29) is 5.91 Å². The number of carbonyl (C=O) groups excluding carboxylic acids is 1. The van der Waals surface area contributed by atoms with Gasteiger partial charge in [-0.1, -0.05) is 37.3 Å². The third-order valence-electron chi connectivity index (χ3n) is 3.03. The number of benzene rings is 1. The first-order chi connectivity index (χ1) is 9.65. The van der Waals surface area contributed by atoms with Gasteiger partial charge < -0.3 is 4.74 Å². The topological polar surface area (TPSA) is 51.2 Å². The van der Waals surface area contributed by atoms with Gasteiger partial charge in [-0.3, -0.25) is 10.1 Å². The number of nitrogens with zero attached hydrogens (tertiary/aromatic N) is 1. The van der Waals surface area contributed by atoms with Crippen molar-refractivity contribution in [2.45, 2.75) is 26.4 Å². The number of aryl methyl sites for hydroxylation is 2. The third-order valence-corrected chi connectivity index (χ3v) is 3.96. The zero-order valence-electron chi connectivity index (χ0n) is 11.8. The molecule has 1 atom stereocenters. The van der Waals surface area contributed by atoms with Crippen LogP contribution >= 0.6 is 11.3 Å². The minimum Gasteiger partial charge on any atom is -0.367 e. The van der Waals surface area contributed by atoms with Gasteiger partial charge in [0.1, 0.15) is 0 Å². The minimum atomic E-state index is -0.620. The first-order valence-electron chi connectivity index (χ1n) is 6.50. The number of hydrogen-bond acceptors (Lipinski definition) is 4. The van der Waals surface area contributed by atoms with Gasteiger partial charge in [0.2, 0.25) is 0 Å². The molecule has 5 heteroatoms. The lowest BCUT2D eigenvalue weighted by atomic mass is 10.1. The highest BCUT2D eigenvalue weighted by atomic mass is 32.1. The Hall–Kier alpha value is -1.72. The zero-order valence-corrected chi connectivity index (χ0v) is 12.7. The van der Waals surface area contributed by atoms with E-state index < -0.39 is 6.10 Å². The fourth-order valence-electron chi connectivity index (χ4n) is 2.00. The van der Waals surface area contributed by atoms with E-state index in [4.69, 9.17) is 4.74 Å². The summed E-state index contributed by atoms with van der Waals surface area (Å²) >= 11 is 1.49. The summed E-state index contributed by atoms with van der Waals surface area (Å²) < 4.78 is 5.30. The van der Waals surface area contributed by atoms with E-state index in [2.05, 4.69) is 17.2 Å². The van der Waals surface area contributed by atoms with E-state index in [1.54, 1.807) is 0 Å². The molecular formula is C15H18N2O2S. The lowest BCUT2D eigenvalue weighted by Crippen LogP contribution is -2.22. The number of nitrogens with one attached hydrogen (secondary N) is 1. The summed E-state index contributed by atoms with van der Waals surface area (Å²) in [6, 6.07) is 9.43. The standard InChI is InChI=1S/C15H18N2O2S/c1-4-12-10(2)20-15(16-12)17-14(18)13(19-3)11-8-6-5-7-9-11/h5-9,13H,4H2,1-3H3,(H,16,17,18)/t13-/m0/s1. The average Bonchev–Trinajstić information content (AvgIpc) is 2.80. The predicted molar refractivity (Wildman–Crippen MR) is 81.1 cm³/mol. The van der Waals surface area contributed by atoms with Crippen molar-refractivity contribution in [1.29, 1.82) is 0 Å². The van der Waals surface area contributed by atoms with Crippen molar-refractivity contribution in [3.8, 4) is 0 Å².